The number of nitrogens with zero attached hydrogens (tertiary/aromatic N) is 1. The fourth-order valence-electron chi connectivity index (χ4n) is 3.13. The summed E-state index contributed by atoms with van der Waals surface area (Å²) in [7, 11) is 0. The fourth-order valence-corrected chi connectivity index (χ4v) is 3.13. The van der Waals surface area contributed by atoms with Crippen molar-refractivity contribution in [2.24, 2.45) is 17.1 Å². The Hall–Kier alpha value is -1.09. The lowest BCUT2D eigenvalue weighted by Gasteiger charge is -2.39. The number of rotatable bonds is 3. The zero-order valence-corrected chi connectivity index (χ0v) is 13.0. The number of benzene rings is 1. The first-order chi connectivity index (χ1) is 9.40. The minimum atomic E-state index is -0.149. The van der Waals surface area contributed by atoms with Gasteiger partial charge in [-0.3, -0.25) is 0 Å². The molecule has 2 rings (SSSR count). The van der Waals surface area contributed by atoms with Crippen molar-refractivity contribution in [2.75, 3.05) is 24.5 Å². The van der Waals surface area contributed by atoms with Gasteiger partial charge in [0.05, 0.1) is 0 Å². The zero-order valence-electron chi connectivity index (χ0n) is 13.0. The number of hydrogen-bond acceptors (Lipinski definition) is 2. The first kappa shape index (κ1) is 15.3. The van der Waals surface area contributed by atoms with Gasteiger partial charge < -0.3 is 10.6 Å². The van der Waals surface area contributed by atoms with Gasteiger partial charge in [0.15, 0.2) is 0 Å². The molecule has 0 spiro atoms. The van der Waals surface area contributed by atoms with Gasteiger partial charge in [0.25, 0.3) is 0 Å². The van der Waals surface area contributed by atoms with Gasteiger partial charge in [-0.1, -0.05) is 20.8 Å². The average molecular weight is 278 g/mol. The summed E-state index contributed by atoms with van der Waals surface area (Å²) < 4.78 is 13.7. The fraction of sp³-hybridized carbons (Fsp3) is 0.647. The summed E-state index contributed by atoms with van der Waals surface area (Å²) in [5.41, 5.74) is 7.96. The summed E-state index contributed by atoms with van der Waals surface area (Å²) in [6.07, 6.45) is 3.11. The third kappa shape index (κ3) is 3.72. The predicted molar refractivity (Wildman–Crippen MR) is 83.6 cm³/mol. The molecule has 3 heteroatoms. The van der Waals surface area contributed by atoms with Crippen molar-refractivity contribution < 1.29 is 4.39 Å². The van der Waals surface area contributed by atoms with E-state index in [4.69, 9.17) is 5.73 Å². The van der Waals surface area contributed by atoms with E-state index in [0.717, 1.165) is 36.7 Å². The highest BCUT2D eigenvalue weighted by Gasteiger charge is 2.28. The zero-order chi connectivity index (χ0) is 14.8. The summed E-state index contributed by atoms with van der Waals surface area (Å²) in [5, 5.41) is 0. The van der Waals surface area contributed by atoms with E-state index in [1.165, 1.54) is 12.8 Å². The van der Waals surface area contributed by atoms with E-state index >= 15 is 0 Å². The third-order valence-electron chi connectivity index (χ3n) is 4.46. The van der Waals surface area contributed by atoms with Crippen molar-refractivity contribution >= 4 is 5.69 Å². The molecule has 0 aromatic heterocycles. The van der Waals surface area contributed by atoms with Gasteiger partial charge in [-0.25, -0.2) is 4.39 Å². The molecule has 1 saturated heterocycles. The molecule has 0 aliphatic carbocycles. The van der Waals surface area contributed by atoms with Crippen LogP contribution in [-0.2, 0) is 6.42 Å². The maximum atomic E-state index is 13.7. The second-order valence-corrected chi connectivity index (χ2v) is 6.98. The topological polar surface area (TPSA) is 29.3 Å². The Balaban J connectivity index is 2.07. The molecule has 1 aliphatic heterocycles. The van der Waals surface area contributed by atoms with Gasteiger partial charge in [0.2, 0.25) is 0 Å². The highest BCUT2D eigenvalue weighted by atomic mass is 19.1. The minimum absolute atomic E-state index is 0.149. The lowest BCUT2D eigenvalue weighted by Crippen LogP contribution is -2.38. The number of nitrogens with two attached hydrogens (primary N) is 1. The number of halogens is 1. The van der Waals surface area contributed by atoms with E-state index in [1.807, 2.05) is 0 Å². The smallest absolute Gasteiger partial charge is 0.125 e. The van der Waals surface area contributed by atoms with E-state index in [0.29, 0.717) is 12.0 Å². The molecule has 2 N–H and O–H groups in total. The van der Waals surface area contributed by atoms with Gasteiger partial charge in [-0.15, -0.1) is 0 Å². The highest BCUT2D eigenvalue weighted by molar-refractivity contribution is 5.49. The molecule has 1 heterocycles. The summed E-state index contributed by atoms with van der Waals surface area (Å²) in [5.74, 6) is 0.611. The van der Waals surface area contributed by atoms with E-state index in [2.05, 4.69) is 31.7 Å². The first-order valence-electron chi connectivity index (χ1n) is 7.64. The summed E-state index contributed by atoms with van der Waals surface area (Å²) in [4.78, 5) is 2.31. The standard InChI is InChI=1S/C17H27FN2/c1-17(2,3)14-5-8-20(9-6-14)16-11-13(4-7-19)10-15(18)12-16/h10-12,14H,4-9,19H2,1-3H3. The predicted octanol–water partition coefficient (Wildman–Crippen LogP) is 3.59. The number of anilines is 1. The molecule has 1 fully saturated rings. The van der Waals surface area contributed by atoms with Crippen LogP contribution in [0.3, 0.4) is 0 Å². The lowest BCUT2D eigenvalue weighted by molar-refractivity contribution is 0.199. The Kier molecular flexibility index (Phi) is 4.69. The highest BCUT2D eigenvalue weighted by Crippen LogP contribution is 2.35. The lowest BCUT2D eigenvalue weighted by atomic mass is 9.75. The molecule has 1 aliphatic rings. The summed E-state index contributed by atoms with van der Waals surface area (Å²) >= 11 is 0. The second kappa shape index (κ2) is 6.13. The number of hydrogen-bond donors (Lipinski definition) is 1. The molecule has 0 bridgehead atoms. The van der Waals surface area contributed by atoms with Crippen LogP contribution in [0, 0.1) is 17.2 Å². The normalized spacial score (nSPS) is 17.6. The number of piperidine rings is 1. The van der Waals surface area contributed by atoms with Crippen LogP contribution in [0.4, 0.5) is 10.1 Å². The Morgan fingerprint density at radius 2 is 1.85 bits per heavy atom. The van der Waals surface area contributed by atoms with Crippen molar-refractivity contribution in [3.05, 3.63) is 29.6 Å². The Morgan fingerprint density at radius 3 is 2.40 bits per heavy atom. The average Bonchev–Trinajstić information content (AvgIpc) is 2.37. The third-order valence-corrected chi connectivity index (χ3v) is 4.46. The van der Waals surface area contributed by atoms with Crippen LogP contribution in [0.1, 0.15) is 39.2 Å². The van der Waals surface area contributed by atoms with Crippen molar-refractivity contribution in [1.82, 2.24) is 0 Å². The molecular formula is C17H27FN2. The van der Waals surface area contributed by atoms with Crippen molar-refractivity contribution in [3.63, 3.8) is 0 Å². The van der Waals surface area contributed by atoms with Crippen LogP contribution in [0.2, 0.25) is 0 Å². The molecule has 1 aromatic carbocycles. The van der Waals surface area contributed by atoms with Crippen LogP contribution in [0.5, 0.6) is 0 Å². The maximum absolute atomic E-state index is 13.7. The first-order valence-corrected chi connectivity index (χ1v) is 7.64. The summed E-state index contributed by atoms with van der Waals surface area (Å²) in [6, 6.07) is 5.34. The SMILES string of the molecule is CC(C)(C)C1CCN(c2cc(F)cc(CCN)c2)CC1. The quantitative estimate of drug-likeness (QED) is 0.915. The molecule has 0 radical (unpaired) electrons. The maximum Gasteiger partial charge on any atom is 0.125 e. The Morgan fingerprint density at radius 1 is 1.20 bits per heavy atom. The van der Waals surface area contributed by atoms with Crippen LogP contribution >= 0.6 is 0 Å². The van der Waals surface area contributed by atoms with Crippen LogP contribution in [0.25, 0.3) is 0 Å². The van der Waals surface area contributed by atoms with Crippen LogP contribution < -0.4 is 10.6 Å². The van der Waals surface area contributed by atoms with Gasteiger partial charge in [-0.05, 0) is 60.9 Å². The van der Waals surface area contributed by atoms with Crippen molar-refractivity contribution in [1.29, 1.82) is 0 Å². The van der Waals surface area contributed by atoms with Crippen molar-refractivity contribution in [3.8, 4) is 0 Å². The van der Waals surface area contributed by atoms with Crippen LogP contribution in [-0.4, -0.2) is 19.6 Å². The molecule has 0 saturated carbocycles. The molecule has 2 nitrogen and oxygen atoms in total. The molecule has 1 aromatic rings. The summed E-state index contributed by atoms with van der Waals surface area (Å²) in [6.45, 7) is 9.55. The van der Waals surface area contributed by atoms with Crippen molar-refractivity contribution in [2.45, 2.75) is 40.0 Å². The Labute approximate surface area is 122 Å². The largest absolute Gasteiger partial charge is 0.371 e. The monoisotopic (exact) mass is 278 g/mol. The van der Waals surface area contributed by atoms with Gasteiger partial charge in [-0.2, -0.15) is 0 Å². The molecule has 0 unspecified atom stereocenters. The molecule has 112 valence electrons. The molecule has 0 amide bonds. The van der Waals surface area contributed by atoms with Gasteiger partial charge in [0.1, 0.15) is 5.82 Å². The second-order valence-electron chi connectivity index (χ2n) is 6.98. The van der Waals surface area contributed by atoms with E-state index in [9.17, 15) is 4.39 Å². The van der Waals surface area contributed by atoms with Crippen LogP contribution in [0.15, 0.2) is 18.2 Å². The van der Waals surface area contributed by atoms with E-state index in [1.54, 1.807) is 12.1 Å². The Bertz CT molecular complexity index is 443. The van der Waals surface area contributed by atoms with Gasteiger partial charge >= 0.3 is 0 Å². The molecule has 20 heavy (non-hydrogen) atoms. The minimum Gasteiger partial charge on any atom is -0.371 e. The van der Waals surface area contributed by atoms with E-state index < -0.39 is 0 Å². The molecular weight excluding hydrogens is 251 g/mol. The molecule has 0 atom stereocenters. The van der Waals surface area contributed by atoms with Gasteiger partial charge in [0, 0.05) is 18.8 Å². The van der Waals surface area contributed by atoms with E-state index in [-0.39, 0.29) is 5.82 Å².